The van der Waals surface area contributed by atoms with E-state index in [1.54, 1.807) is 0 Å². The van der Waals surface area contributed by atoms with E-state index < -0.39 is 0 Å². The first-order valence-electron chi connectivity index (χ1n) is 2.32. The predicted molar refractivity (Wildman–Crippen MR) is 29.3 cm³/mol. The molecular formula is C4H13N2O-. The van der Waals surface area contributed by atoms with Gasteiger partial charge in [-0.05, 0) is 25.9 Å². The largest absolute Gasteiger partial charge is 0.870 e. The monoisotopic (exact) mass is 105 g/mol. The van der Waals surface area contributed by atoms with Crippen molar-refractivity contribution in [1.82, 2.24) is 0 Å². The summed E-state index contributed by atoms with van der Waals surface area (Å²) < 4.78 is 0. The van der Waals surface area contributed by atoms with Crippen molar-refractivity contribution in [2.75, 3.05) is 13.1 Å². The molecule has 0 aromatic heterocycles. The van der Waals surface area contributed by atoms with E-state index in [-0.39, 0.29) is 5.48 Å². The van der Waals surface area contributed by atoms with Crippen LogP contribution in [0.15, 0.2) is 0 Å². The predicted octanol–water partition coefficient (Wildman–Crippen LogP) is -0.493. The summed E-state index contributed by atoms with van der Waals surface area (Å²) in [6.45, 7) is 1.55. The maximum Gasteiger partial charge on any atom is -0.00768 e. The number of hydrogen-bond acceptors (Lipinski definition) is 3. The molecule has 0 saturated heterocycles. The van der Waals surface area contributed by atoms with Crippen LogP contribution in [0.5, 0.6) is 0 Å². The molecule has 3 heteroatoms. The minimum absolute atomic E-state index is 0. The summed E-state index contributed by atoms with van der Waals surface area (Å²) in [4.78, 5) is 0. The SMILES string of the molecule is NCCCCN.[OH-]. The normalized spacial score (nSPS) is 7.71. The maximum atomic E-state index is 5.16. The van der Waals surface area contributed by atoms with Crippen LogP contribution in [0.25, 0.3) is 0 Å². The Morgan fingerprint density at radius 2 is 1.14 bits per heavy atom. The van der Waals surface area contributed by atoms with E-state index in [9.17, 15) is 0 Å². The highest BCUT2D eigenvalue weighted by Gasteiger charge is 1.75. The highest BCUT2D eigenvalue weighted by Crippen LogP contribution is 1.77. The molecule has 46 valence electrons. The summed E-state index contributed by atoms with van der Waals surface area (Å²) >= 11 is 0. The Balaban J connectivity index is 0. The minimum Gasteiger partial charge on any atom is -0.870 e. The molecule has 0 saturated carbocycles. The Labute approximate surface area is 44.0 Å². The van der Waals surface area contributed by atoms with Crippen molar-refractivity contribution in [3.8, 4) is 0 Å². The van der Waals surface area contributed by atoms with Gasteiger partial charge in [0.15, 0.2) is 0 Å². The van der Waals surface area contributed by atoms with Crippen LogP contribution in [-0.4, -0.2) is 18.6 Å². The van der Waals surface area contributed by atoms with E-state index in [0.717, 1.165) is 25.9 Å². The quantitative estimate of drug-likeness (QED) is 0.475. The van der Waals surface area contributed by atoms with Crippen LogP contribution in [0, 0.1) is 0 Å². The molecular weight excluding hydrogens is 92.1 g/mol. The number of hydrogen-bond donors (Lipinski definition) is 2. The lowest BCUT2D eigenvalue weighted by atomic mass is 10.3. The van der Waals surface area contributed by atoms with Gasteiger partial charge >= 0.3 is 0 Å². The topological polar surface area (TPSA) is 82.0 Å². The Morgan fingerprint density at radius 1 is 0.857 bits per heavy atom. The molecule has 0 aromatic rings. The van der Waals surface area contributed by atoms with Crippen molar-refractivity contribution in [2.45, 2.75) is 12.8 Å². The highest BCUT2D eigenvalue weighted by molar-refractivity contribution is 4.38. The van der Waals surface area contributed by atoms with Gasteiger partial charge in [0.25, 0.3) is 0 Å². The molecule has 0 fully saturated rings. The molecule has 0 heterocycles. The van der Waals surface area contributed by atoms with Crippen molar-refractivity contribution >= 4 is 0 Å². The molecule has 0 aliphatic heterocycles. The summed E-state index contributed by atoms with van der Waals surface area (Å²) in [5, 5.41) is 0. The first-order valence-corrected chi connectivity index (χ1v) is 2.32. The summed E-state index contributed by atoms with van der Waals surface area (Å²) in [6, 6.07) is 0. The van der Waals surface area contributed by atoms with E-state index in [4.69, 9.17) is 11.5 Å². The number of unbranched alkanes of at least 4 members (excludes halogenated alkanes) is 1. The average molecular weight is 105 g/mol. The molecule has 0 aromatic carbocycles. The maximum absolute atomic E-state index is 5.16. The molecule has 0 aliphatic rings. The molecule has 0 rings (SSSR count). The lowest BCUT2D eigenvalue weighted by molar-refractivity contribution is 0.755. The lowest BCUT2D eigenvalue weighted by Gasteiger charge is -1.87. The third-order valence-electron chi connectivity index (χ3n) is 0.658. The smallest absolute Gasteiger partial charge is 0.00768 e. The fourth-order valence-electron chi connectivity index (χ4n) is 0.289. The molecule has 0 spiro atoms. The van der Waals surface area contributed by atoms with Gasteiger partial charge in [0.2, 0.25) is 0 Å². The van der Waals surface area contributed by atoms with E-state index in [0.29, 0.717) is 0 Å². The Hall–Kier alpha value is -0.120. The van der Waals surface area contributed by atoms with Crippen LogP contribution < -0.4 is 11.5 Å². The van der Waals surface area contributed by atoms with Gasteiger partial charge in [-0.3, -0.25) is 0 Å². The van der Waals surface area contributed by atoms with Crippen molar-refractivity contribution in [3.05, 3.63) is 0 Å². The molecule has 0 unspecified atom stereocenters. The van der Waals surface area contributed by atoms with Gasteiger partial charge in [0, 0.05) is 0 Å². The molecule has 7 heavy (non-hydrogen) atoms. The Bertz CT molecular complexity index is 21.7. The second-order valence-corrected chi connectivity index (χ2v) is 1.28. The van der Waals surface area contributed by atoms with Crippen molar-refractivity contribution in [1.29, 1.82) is 0 Å². The number of rotatable bonds is 3. The Morgan fingerprint density at radius 3 is 1.29 bits per heavy atom. The van der Waals surface area contributed by atoms with E-state index >= 15 is 0 Å². The highest BCUT2D eigenvalue weighted by atomic mass is 16.0. The van der Waals surface area contributed by atoms with Crippen molar-refractivity contribution in [3.63, 3.8) is 0 Å². The second kappa shape index (κ2) is 9.30. The molecule has 0 atom stereocenters. The van der Waals surface area contributed by atoms with Gasteiger partial charge in [0.1, 0.15) is 0 Å². The van der Waals surface area contributed by atoms with Gasteiger partial charge in [-0.2, -0.15) is 0 Å². The third kappa shape index (κ3) is 10.7. The minimum atomic E-state index is 0. The molecule has 5 N–H and O–H groups in total. The van der Waals surface area contributed by atoms with E-state index in [1.807, 2.05) is 0 Å². The zero-order valence-electron chi connectivity index (χ0n) is 4.43. The molecule has 0 aliphatic carbocycles. The third-order valence-corrected chi connectivity index (χ3v) is 0.658. The van der Waals surface area contributed by atoms with Gasteiger partial charge in [-0.15, -0.1) is 0 Å². The molecule has 0 amide bonds. The van der Waals surface area contributed by atoms with Gasteiger partial charge in [-0.1, -0.05) is 0 Å². The van der Waals surface area contributed by atoms with E-state index in [2.05, 4.69) is 0 Å². The van der Waals surface area contributed by atoms with Crippen LogP contribution >= 0.6 is 0 Å². The van der Waals surface area contributed by atoms with Crippen molar-refractivity contribution in [2.24, 2.45) is 11.5 Å². The number of nitrogens with two attached hydrogens (primary N) is 2. The van der Waals surface area contributed by atoms with Crippen molar-refractivity contribution < 1.29 is 5.48 Å². The first kappa shape index (κ1) is 9.99. The van der Waals surface area contributed by atoms with Gasteiger partial charge in [-0.25, -0.2) is 0 Å². The van der Waals surface area contributed by atoms with Gasteiger partial charge in [0.05, 0.1) is 0 Å². The molecule has 0 radical (unpaired) electrons. The first-order chi connectivity index (χ1) is 2.91. The summed E-state index contributed by atoms with van der Waals surface area (Å²) in [6.07, 6.45) is 2.13. The Kier molecular flexibility index (Phi) is 13.3. The van der Waals surface area contributed by atoms with Crippen LogP contribution in [0.3, 0.4) is 0 Å². The fourth-order valence-corrected chi connectivity index (χ4v) is 0.289. The summed E-state index contributed by atoms with van der Waals surface area (Å²) in [5.41, 5.74) is 10.3. The van der Waals surface area contributed by atoms with Crippen LogP contribution in [0.4, 0.5) is 0 Å². The molecule has 0 bridgehead atoms. The fraction of sp³-hybridized carbons (Fsp3) is 1.00. The van der Waals surface area contributed by atoms with Gasteiger partial charge < -0.3 is 16.9 Å². The summed E-state index contributed by atoms with van der Waals surface area (Å²) in [5.74, 6) is 0. The van der Waals surface area contributed by atoms with E-state index in [1.165, 1.54) is 0 Å². The molecule has 3 nitrogen and oxygen atoms in total. The van der Waals surface area contributed by atoms with Crippen LogP contribution in [-0.2, 0) is 0 Å². The van der Waals surface area contributed by atoms with Crippen LogP contribution in [0.1, 0.15) is 12.8 Å². The zero-order valence-corrected chi connectivity index (χ0v) is 4.43. The lowest BCUT2D eigenvalue weighted by Crippen LogP contribution is -2.03. The average Bonchev–Trinajstić information content (AvgIpc) is 1.61. The summed E-state index contributed by atoms with van der Waals surface area (Å²) in [7, 11) is 0. The zero-order chi connectivity index (χ0) is 4.83. The van der Waals surface area contributed by atoms with Crippen LogP contribution in [0.2, 0.25) is 0 Å². The standard InChI is InChI=1S/C4H12N2.H2O/c5-3-1-2-4-6;/h1-6H2;1H2/p-1. The second-order valence-electron chi connectivity index (χ2n) is 1.28.